The van der Waals surface area contributed by atoms with Crippen LogP contribution >= 0.6 is 23.4 Å². The summed E-state index contributed by atoms with van der Waals surface area (Å²) in [4.78, 5) is 32.1. The lowest BCUT2D eigenvalue weighted by molar-refractivity contribution is -0.115. The zero-order valence-corrected chi connectivity index (χ0v) is 26.0. The summed E-state index contributed by atoms with van der Waals surface area (Å²) >= 11 is 7.50. The number of nitrogens with zero attached hydrogens (tertiary/aromatic N) is 2. The van der Waals surface area contributed by atoms with Gasteiger partial charge in [-0.2, -0.15) is 0 Å². The van der Waals surface area contributed by atoms with Crippen LogP contribution in [0.5, 0.6) is 23.0 Å². The maximum Gasteiger partial charge on any atom is 0.262 e. The van der Waals surface area contributed by atoms with Crippen LogP contribution in [0.15, 0.2) is 58.5 Å². The van der Waals surface area contributed by atoms with E-state index in [0.717, 1.165) is 11.1 Å². The van der Waals surface area contributed by atoms with Crippen LogP contribution < -0.4 is 29.8 Å². The van der Waals surface area contributed by atoms with Gasteiger partial charge in [0.25, 0.3) is 5.56 Å². The second-order valence-electron chi connectivity index (χ2n) is 9.48. The van der Waals surface area contributed by atoms with Crippen molar-refractivity contribution in [3.05, 3.63) is 75.0 Å². The maximum absolute atomic E-state index is 13.9. The molecule has 0 bridgehead atoms. The van der Waals surface area contributed by atoms with Gasteiger partial charge >= 0.3 is 0 Å². The number of benzene rings is 3. The Hall–Kier alpha value is -3.89. The molecule has 1 aromatic heterocycles. The number of hydrogen-bond donors (Lipinski definition) is 1. The fraction of sp³-hybridized carbons (Fsp3) is 0.323. The lowest BCUT2D eigenvalue weighted by Gasteiger charge is -2.19. The Bertz CT molecular complexity index is 1660. The minimum Gasteiger partial charge on any atom is -0.493 e. The number of anilines is 1. The van der Waals surface area contributed by atoms with E-state index in [-0.39, 0.29) is 11.5 Å². The first-order valence-corrected chi connectivity index (χ1v) is 14.6. The maximum atomic E-state index is 13.9. The van der Waals surface area contributed by atoms with Crippen LogP contribution in [0.3, 0.4) is 0 Å². The molecule has 0 spiro atoms. The molecule has 0 fully saturated rings. The third kappa shape index (κ3) is 6.77. The second kappa shape index (κ2) is 13.8. The molecule has 1 unspecified atom stereocenters. The Labute approximate surface area is 254 Å². The zero-order chi connectivity index (χ0) is 30.4. The fourth-order valence-corrected chi connectivity index (χ4v) is 5.65. The molecule has 11 heteroatoms. The summed E-state index contributed by atoms with van der Waals surface area (Å²) in [5, 5.41) is 3.79. The van der Waals surface area contributed by atoms with E-state index < -0.39 is 5.25 Å². The van der Waals surface area contributed by atoms with Crippen LogP contribution in [0.1, 0.15) is 24.5 Å². The van der Waals surface area contributed by atoms with Crippen LogP contribution in [0, 0.1) is 6.92 Å². The molecule has 42 heavy (non-hydrogen) atoms. The first kappa shape index (κ1) is 31.1. The summed E-state index contributed by atoms with van der Waals surface area (Å²) < 4.78 is 23.3. The van der Waals surface area contributed by atoms with Gasteiger partial charge in [0.1, 0.15) is 0 Å². The van der Waals surface area contributed by atoms with Gasteiger partial charge in [-0.1, -0.05) is 42.4 Å². The normalized spacial score (nSPS) is 11.7. The number of rotatable bonds is 12. The highest BCUT2D eigenvalue weighted by molar-refractivity contribution is 8.00. The molecular weight excluding hydrogens is 578 g/mol. The smallest absolute Gasteiger partial charge is 0.262 e. The highest BCUT2D eigenvalue weighted by Crippen LogP contribution is 2.33. The second-order valence-corrected chi connectivity index (χ2v) is 11.1. The SMILES string of the molecule is CCC(Sc1nc2cc(OC)c(OC)cc2c(=O)n1CCc1ccc(OC)c(OC)c1)C(=O)Nc1ccc(C)c(Cl)c1. The quantitative estimate of drug-likeness (QED) is 0.150. The van der Waals surface area contributed by atoms with E-state index in [1.807, 2.05) is 44.2 Å². The molecule has 222 valence electrons. The summed E-state index contributed by atoms with van der Waals surface area (Å²) in [5.41, 5.74) is 2.67. The number of nitrogens with one attached hydrogen (secondary N) is 1. The number of carbonyl (C=O) groups excluding carboxylic acids is 1. The number of hydrogen-bond acceptors (Lipinski definition) is 8. The van der Waals surface area contributed by atoms with E-state index in [2.05, 4.69) is 5.32 Å². The molecular formula is C31H34ClN3O6S. The Morgan fingerprint density at radius 2 is 1.62 bits per heavy atom. The zero-order valence-electron chi connectivity index (χ0n) is 24.4. The van der Waals surface area contributed by atoms with Gasteiger partial charge in [0.15, 0.2) is 28.2 Å². The van der Waals surface area contributed by atoms with Crippen molar-refractivity contribution in [2.75, 3.05) is 33.8 Å². The van der Waals surface area contributed by atoms with Gasteiger partial charge in [-0.3, -0.25) is 14.2 Å². The Morgan fingerprint density at radius 1 is 0.952 bits per heavy atom. The van der Waals surface area contributed by atoms with Crippen LogP contribution in [0.4, 0.5) is 5.69 Å². The van der Waals surface area contributed by atoms with Gasteiger partial charge in [-0.05, 0) is 61.2 Å². The molecule has 0 aliphatic heterocycles. The number of aryl methyl sites for hydroxylation is 2. The lowest BCUT2D eigenvalue weighted by Crippen LogP contribution is -2.28. The van der Waals surface area contributed by atoms with Crippen molar-refractivity contribution >= 4 is 45.9 Å². The van der Waals surface area contributed by atoms with Gasteiger partial charge in [0, 0.05) is 23.3 Å². The van der Waals surface area contributed by atoms with E-state index in [4.69, 9.17) is 35.5 Å². The van der Waals surface area contributed by atoms with Crippen molar-refractivity contribution in [2.45, 2.75) is 43.6 Å². The molecule has 1 N–H and O–H groups in total. The van der Waals surface area contributed by atoms with Crippen LogP contribution in [-0.2, 0) is 17.8 Å². The monoisotopic (exact) mass is 611 g/mol. The number of amides is 1. The van der Waals surface area contributed by atoms with Gasteiger partial charge in [-0.25, -0.2) is 4.98 Å². The van der Waals surface area contributed by atoms with Gasteiger partial charge in [-0.15, -0.1) is 0 Å². The Kier molecular flexibility index (Phi) is 10.2. The minimum absolute atomic E-state index is 0.212. The van der Waals surface area contributed by atoms with E-state index in [0.29, 0.717) is 69.2 Å². The van der Waals surface area contributed by atoms with E-state index in [1.165, 1.54) is 26.0 Å². The van der Waals surface area contributed by atoms with E-state index in [1.54, 1.807) is 37.0 Å². The summed E-state index contributed by atoms with van der Waals surface area (Å²) in [6.45, 7) is 4.13. The highest BCUT2D eigenvalue weighted by Gasteiger charge is 2.23. The van der Waals surface area contributed by atoms with Crippen LogP contribution in [0.25, 0.3) is 10.9 Å². The molecule has 0 saturated heterocycles. The molecule has 4 aromatic rings. The average molecular weight is 612 g/mol. The van der Waals surface area contributed by atoms with E-state index >= 15 is 0 Å². The summed E-state index contributed by atoms with van der Waals surface area (Å²) in [6.07, 6.45) is 1.02. The molecule has 1 heterocycles. The molecule has 1 atom stereocenters. The number of methoxy groups -OCH3 is 4. The van der Waals surface area contributed by atoms with E-state index in [9.17, 15) is 9.59 Å². The molecule has 0 saturated carbocycles. The first-order valence-electron chi connectivity index (χ1n) is 13.3. The number of halogens is 1. The number of ether oxygens (including phenoxy) is 4. The topological polar surface area (TPSA) is 101 Å². The molecule has 4 rings (SSSR count). The average Bonchev–Trinajstić information content (AvgIpc) is 3.00. The standard InChI is InChI=1S/C31H34ClN3O6S/c1-7-28(29(36)33-20-10-8-18(2)22(32)15-20)42-31-34-23-17-27(41-6)26(40-5)16-21(23)30(37)35(31)13-12-19-9-11-24(38-3)25(14-19)39-4/h8-11,14-17,28H,7,12-13H2,1-6H3,(H,33,36). The Balaban J connectivity index is 1.73. The highest BCUT2D eigenvalue weighted by atomic mass is 35.5. The first-order chi connectivity index (χ1) is 20.2. The van der Waals surface area contributed by atoms with Crippen molar-refractivity contribution in [1.82, 2.24) is 9.55 Å². The molecule has 0 radical (unpaired) electrons. The van der Waals surface area contributed by atoms with Crippen molar-refractivity contribution in [3.8, 4) is 23.0 Å². The Morgan fingerprint density at radius 3 is 2.26 bits per heavy atom. The third-order valence-electron chi connectivity index (χ3n) is 6.85. The molecule has 9 nitrogen and oxygen atoms in total. The molecule has 0 aliphatic carbocycles. The largest absolute Gasteiger partial charge is 0.493 e. The predicted molar refractivity (Wildman–Crippen MR) is 167 cm³/mol. The van der Waals surface area contributed by atoms with Gasteiger partial charge < -0.3 is 24.3 Å². The lowest BCUT2D eigenvalue weighted by atomic mass is 10.1. The molecule has 0 aliphatic rings. The van der Waals surface area contributed by atoms with Crippen molar-refractivity contribution in [2.24, 2.45) is 0 Å². The number of carbonyl (C=O) groups is 1. The summed E-state index contributed by atoms with van der Waals surface area (Å²) in [5.74, 6) is 1.89. The summed E-state index contributed by atoms with van der Waals surface area (Å²) in [7, 11) is 6.20. The van der Waals surface area contributed by atoms with Crippen molar-refractivity contribution in [1.29, 1.82) is 0 Å². The fourth-order valence-electron chi connectivity index (χ4n) is 4.43. The number of thioether (sulfide) groups is 1. The molecule has 1 amide bonds. The van der Waals surface area contributed by atoms with Crippen LogP contribution in [-0.4, -0.2) is 49.1 Å². The van der Waals surface area contributed by atoms with Crippen LogP contribution in [0.2, 0.25) is 5.02 Å². The third-order valence-corrected chi connectivity index (χ3v) is 8.61. The van der Waals surface area contributed by atoms with Gasteiger partial charge in [0.2, 0.25) is 5.91 Å². The number of aromatic nitrogens is 2. The van der Waals surface area contributed by atoms with Crippen molar-refractivity contribution < 1.29 is 23.7 Å². The summed E-state index contributed by atoms with van der Waals surface area (Å²) in [6, 6.07) is 14.3. The predicted octanol–water partition coefficient (Wildman–Crippen LogP) is 6.14. The molecule has 3 aromatic carbocycles. The van der Waals surface area contributed by atoms with Gasteiger partial charge in [0.05, 0.1) is 44.6 Å². The van der Waals surface area contributed by atoms with Crippen molar-refractivity contribution in [3.63, 3.8) is 0 Å². The minimum atomic E-state index is -0.526. The number of fused-ring (bicyclic) bond motifs is 1.